The Bertz CT molecular complexity index is 89.1. The van der Waals surface area contributed by atoms with Gasteiger partial charge in [0.25, 0.3) is 0 Å². The molecule has 1 rings (SSSR count). The summed E-state index contributed by atoms with van der Waals surface area (Å²) in [4.78, 5) is 0. The van der Waals surface area contributed by atoms with E-state index in [9.17, 15) is 4.39 Å². The fourth-order valence-corrected chi connectivity index (χ4v) is 1.16. The third-order valence-electron chi connectivity index (χ3n) is 1.83. The van der Waals surface area contributed by atoms with Crippen molar-refractivity contribution in [2.45, 2.75) is 37.6 Å². The molecule has 0 aromatic rings. The van der Waals surface area contributed by atoms with E-state index in [4.69, 9.17) is 10.8 Å². The zero-order chi connectivity index (χ0) is 6.85. The van der Waals surface area contributed by atoms with Gasteiger partial charge in [0, 0.05) is 6.04 Å². The molecule has 1 aliphatic rings. The first kappa shape index (κ1) is 6.96. The normalized spacial score (nSPS) is 45.0. The maximum Gasteiger partial charge on any atom is 0.127 e. The van der Waals surface area contributed by atoms with Crippen LogP contribution in [0.25, 0.3) is 0 Å². The predicted octanol–water partition coefficient (Wildman–Crippen LogP) is 0.197. The molecule has 1 aliphatic carbocycles. The molecule has 0 saturated heterocycles. The van der Waals surface area contributed by atoms with Crippen molar-refractivity contribution >= 4 is 0 Å². The lowest BCUT2D eigenvalue weighted by Crippen LogP contribution is -2.44. The van der Waals surface area contributed by atoms with Crippen LogP contribution in [0.15, 0.2) is 0 Å². The number of nitrogens with two attached hydrogens (primary N) is 1. The molecule has 0 spiro atoms. The molecule has 9 heavy (non-hydrogen) atoms. The minimum atomic E-state index is -1.09. The average molecular weight is 133 g/mol. The van der Waals surface area contributed by atoms with Crippen LogP contribution in [0.1, 0.15) is 19.3 Å². The molecule has 0 heterocycles. The van der Waals surface area contributed by atoms with Gasteiger partial charge in [-0.3, -0.25) is 0 Å². The van der Waals surface area contributed by atoms with Gasteiger partial charge >= 0.3 is 0 Å². The van der Waals surface area contributed by atoms with Gasteiger partial charge in [-0.15, -0.1) is 0 Å². The SMILES string of the molecule is N[C@@H]1CCC[C@@H](F)[C@@H]1O. The fraction of sp³-hybridized carbons (Fsp3) is 1.00. The van der Waals surface area contributed by atoms with Crippen LogP contribution in [-0.2, 0) is 0 Å². The number of aliphatic hydroxyl groups excluding tert-OH is 1. The predicted molar refractivity (Wildman–Crippen MR) is 32.7 cm³/mol. The summed E-state index contributed by atoms with van der Waals surface area (Å²) in [7, 11) is 0. The maximum absolute atomic E-state index is 12.5. The quantitative estimate of drug-likeness (QED) is 0.495. The lowest BCUT2D eigenvalue weighted by atomic mass is 9.92. The van der Waals surface area contributed by atoms with Crippen LogP contribution < -0.4 is 5.73 Å². The fourth-order valence-electron chi connectivity index (χ4n) is 1.16. The van der Waals surface area contributed by atoms with Crippen LogP contribution in [0.4, 0.5) is 4.39 Å². The standard InChI is InChI=1S/C6H12FNO/c7-4-2-1-3-5(8)6(4)9/h4-6,9H,1-3,8H2/t4-,5-,6+/m1/s1. The molecule has 0 radical (unpaired) electrons. The first-order valence-electron chi connectivity index (χ1n) is 3.29. The van der Waals surface area contributed by atoms with Crippen molar-refractivity contribution < 1.29 is 9.50 Å². The Labute approximate surface area is 53.9 Å². The summed E-state index contributed by atoms with van der Waals surface area (Å²) in [5.74, 6) is 0. The van der Waals surface area contributed by atoms with E-state index in [0.29, 0.717) is 6.42 Å². The molecule has 2 nitrogen and oxygen atoms in total. The number of alkyl halides is 1. The van der Waals surface area contributed by atoms with Crippen molar-refractivity contribution in [1.29, 1.82) is 0 Å². The molecule has 0 amide bonds. The van der Waals surface area contributed by atoms with Gasteiger partial charge in [0.1, 0.15) is 12.3 Å². The van der Waals surface area contributed by atoms with Crippen LogP contribution in [0, 0.1) is 0 Å². The number of hydrogen-bond donors (Lipinski definition) is 2. The van der Waals surface area contributed by atoms with Gasteiger partial charge in [-0.1, -0.05) is 0 Å². The maximum atomic E-state index is 12.5. The van der Waals surface area contributed by atoms with Crippen LogP contribution in [0.3, 0.4) is 0 Å². The molecule has 3 N–H and O–H groups in total. The smallest absolute Gasteiger partial charge is 0.127 e. The van der Waals surface area contributed by atoms with Crippen LogP contribution in [0.2, 0.25) is 0 Å². The summed E-state index contributed by atoms with van der Waals surface area (Å²) in [5.41, 5.74) is 5.38. The largest absolute Gasteiger partial charge is 0.388 e. The van der Waals surface area contributed by atoms with E-state index in [2.05, 4.69) is 0 Å². The zero-order valence-corrected chi connectivity index (χ0v) is 5.26. The molecular formula is C6H12FNO. The highest BCUT2D eigenvalue weighted by Crippen LogP contribution is 2.19. The van der Waals surface area contributed by atoms with E-state index in [-0.39, 0.29) is 6.04 Å². The number of hydrogen-bond acceptors (Lipinski definition) is 2. The molecule has 0 aromatic heterocycles. The van der Waals surface area contributed by atoms with Gasteiger partial charge in [-0.2, -0.15) is 0 Å². The summed E-state index contributed by atoms with van der Waals surface area (Å²) in [6.45, 7) is 0. The van der Waals surface area contributed by atoms with Crippen LogP contribution in [0.5, 0.6) is 0 Å². The molecule has 0 aromatic carbocycles. The summed E-state index contributed by atoms with van der Waals surface area (Å²) in [6, 6.07) is -0.339. The van der Waals surface area contributed by atoms with Crippen molar-refractivity contribution in [3.05, 3.63) is 0 Å². The van der Waals surface area contributed by atoms with Gasteiger partial charge in [0.2, 0.25) is 0 Å². The first-order chi connectivity index (χ1) is 4.22. The van der Waals surface area contributed by atoms with Gasteiger partial charge in [-0.05, 0) is 19.3 Å². The van der Waals surface area contributed by atoms with Crippen LogP contribution >= 0.6 is 0 Å². The second kappa shape index (κ2) is 2.62. The Morgan fingerprint density at radius 2 is 2.11 bits per heavy atom. The van der Waals surface area contributed by atoms with Gasteiger partial charge < -0.3 is 10.8 Å². The second-order valence-corrected chi connectivity index (χ2v) is 2.60. The Kier molecular flexibility index (Phi) is 2.03. The minimum absolute atomic E-state index is 0.339. The lowest BCUT2D eigenvalue weighted by molar-refractivity contribution is 0.0284. The monoisotopic (exact) mass is 133 g/mol. The Morgan fingerprint density at radius 3 is 2.56 bits per heavy atom. The van der Waals surface area contributed by atoms with Crippen molar-refractivity contribution in [2.75, 3.05) is 0 Å². The third kappa shape index (κ3) is 1.40. The Hall–Kier alpha value is -0.150. The number of aliphatic hydroxyl groups is 1. The molecule has 0 aliphatic heterocycles. The van der Waals surface area contributed by atoms with Gasteiger partial charge in [-0.25, -0.2) is 4.39 Å². The molecule has 0 bridgehead atoms. The Morgan fingerprint density at radius 1 is 1.44 bits per heavy atom. The molecular weight excluding hydrogens is 121 g/mol. The van der Waals surface area contributed by atoms with Crippen molar-refractivity contribution in [1.82, 2.24) is 0 Å². The summed E-state index contributed by atoms with van der Waals surface area (Å²) >= 11 is 0. The molecule has 54 valence electrons. The van der Waals surface area contributed by atoms with E-state index in [1.165, 1.54) is 0 Å². The minimum Gasteiger partial charge on any atom is -0.388 e. The number of rotatable bonds is 0. The number of halogens is 1. The Balaban J connectivity index is 2.41. The second-order valence-electron chi connectivity index (χ2n) is 2.60. The van der Waals surface area contributed by atoms with E-state index >= 15 is 0 Å². The molecule has 1 saturated carbocycles. The first-order valence-corrected chi connectivity index (χ1v) is 3.29. The van der Waals surface area contributed by atoms with E-state index < -0.39 is 12.3 Å². The van der Waals surface area contributed by atoms with Crippen LogP contribution in [-0.4, -0.2) is 23.4 Å². The summed E-state index contributed by atoms with van der Waals surface area (Å²) < 4.78 is 12.5. The highest BCUT2D eigenvalue weighted by Gasteiger charge is 2.28. The highest BCUT2D eigenvalue weighted by atomic mass is 19.1. The van der Waals surface area contributed by atoms with E-state index in [1.54, 1.807) is 0 Å². The van der Waals surface area contributed by atoms with E-state index in [0.717, 1.165) is 12.8 Å². The van der Waals surface area contributed by atoms with Crippen molar-refractivity contribution in [2.24, 2.45) is 5.73 Å². The van der Waals surface area contributed by atoms with Gasteiger partial charge in [0.05, 0.1) is 0 Å². The molecule has 0 unspecified atom stereocenters. The topological polar surface area (TPSA) is 46.2 Å². The van der Waals surface area contributed by atoms with Gasteiger partial charge in [0.15, 0.2) is 0 Å². The summed E-state index contributed by atoms with van der Waals surface area (Å²) in [5, 5.41) is 8.95. The molecule has 3 heteroatoms. The molecule has 1 fully saturated rings. The van der Waals surface area contributed by atoms with Crippen molar-refractivity contribution in [3.63, 3.8) is 0 Å². The molecule has 3 atom stereocenters. The van der Waals surface area contributed by atoms with Crippen molar-refractivity contribution in [3.8, 4) is 0 Å². The van der Waals surface area contributed by atoms with E-state index in [1.807, 2.05) is 0 Å². The zero-order valence-electron chi connectivity index (χ0n) is 5.26. The third-order valence-corrected chi connectivity index (χ3v) is 1.83. The highest BCUT2D eigenvalue weighted by molar-refractivity contribution is 4.83. The average Bonchev–Trinajstić information content (AvgIpc) is 1.83. The summed E-state index contributed by atoms with van der Waals surface area (Å²) in [6.07, 6.45) is 0.0167. The lowest BCUT2D eigenvalue weighted by Gasteiger charge is -2.26.